The lowest BCUT2D eigenvalue weighted by Gasteiger charge is -2.14. The van der Waals surface area contributed by atoms with Crippen LogP contribution in [0.3, 0.4) is 0 Å². The maximum atomic E-state index is 15.0. The molecule has 0 aliphatic rings. The van der Waals surface area contributed by atoms with E-state index >= 15 is 0 Å². The lowest BCUT2D eigenvalue weighted by molar-refractivity contribution is 0.111. The first-order valence-electron chi connectivity index (χ1n) is 6.95. The molecular weight excluding hydrogens is 299 g/mol. The second-order valence-electron chi connectivity index (χ2n) is 4.95. The molecule has 1 unspecified atom stereocenters. The fraction of sp³-hybridized carbons (Fsp3) is 0.111. The summed E-state index contributed by atoms with van der Waals surface area (Å²) in [6.07, 6.45) is -1.09. The van der Waals surface area contributed by atoms with Gasteiger partial charge >= 0.3 is 5.63 Å². The van der Waals surface area contributed by atoms with Crippen molar-refractivity contribution in [1.29, 1.82) is 0 Å². The van der Waals surface area contributed by atoms with Gasteiger partial charge in [-0.25, -0.2) is 9.18 Å². The van der Waals surface area contributed by atoms with Gasteiger partial charge in [0, 0.05) is 5.56 Å². The third kappa shape index (κ3) is 2.50. The zero-order chi connectivity index (χ0) is 16.4. The number of hydrogen-bond acceptors (Lipinski definition) is 4. The average Bonchev–Trinajstić information content (AvgIpc) is 2.60. The van der Waals surface area contributed by atoms with E-state index in [0.29, 0.717) is 11.8 Å². The van der Waals surface area contributed by atoms with Crippen LogP contribution in [0, 0.1) is 0 Å². The fourth-order valence-electron chi connectivity index (χ4n) is 2.58. The molecule has 4 nitrogen and oxygen atoms in total. The van der Waals surface area contributed by atoms with Crippen LogP contribution >= 0.6 is 0 Å². The summed E-state index contributed by atoms with van der Waals surface area (Å²) in [6, 6.07) is 13.3. The zero-order valence-corrected chi connectivity index (χ0v) is 12.3. The number of fused-ring (bicyclic) bond motifs is 1. The van der Waals surface area contributed by atoms with Gasteiger partial charge in [-0.15, -0.1) is 0 Å². The largest absolute Gasteiger partial charge is 0.495 e. The topological polar surface area (TPSA) is 56.5 Å². The van der Waals surface area contributed by atoms with Crippen molar-refractivity contribution in [2.24, 2.45) is 0 Å². The van der Waals surface area contributed by atoms with E-state index in [1.807, 2.05) is 0 Å². The molecule has 0 saturated heterocycles. The first kappa shape index (κ1) is 15.0. The number of aldehydes is 1. The van der Waals surface area contributed by atoms with Crippen LogP contribution in [-0.4, -0.2) is 13.4 Å². The van der Waals surface area contributed by atoms with Gasteiger partial charge in [0.15, 0.2) is 12.5 Å². The monoisotopic (exact) mass is 312 g/mol. The molecule has 0 aliphatic heterocycles. The van der Waals surface area contributed by atoms with Gasteiger partial charge in [0.05, 0.1) is 12.5 Å². The minimum atomic E-state index is -1.44. The highest BCUT2D eigenvalue weighted by Gasteiger charge is 2.22. The second kappa shape index (κ2) is 6.04. The quantitative estimate of drug-likeness (QED) is 0.545. The van der Waals surface area contributed by atoms with E-state index in [1.54, 1.807) is 42.5 Å². The van der Waals surface area contributed by atoms with Crippen LogP contribution in [0.4, 0.5) is 4.39 Å². The molecule has 1 atom stereocenters. The Balaban J connectivity index is 2.34. The number of methoxy groups -OCH3 is 1. The number of carbonyl (C=O) groups is 1. The Hall–Kier alpha value is -2.95. The minimum Gasteiger partial charge on any atom is -0.495 e. The van der Waals surface area contributed by atoms with Crippen molar-refractivity contribution in [3.8, 4) is 5.75 Å². The first-order valence-corrected chi connectivity index (χ1v) is 6.95. The normalized spacial score (nSPS) is 12.1. The molecule has 0 spiro atoms. The Labute approximate surface area is 131 Å². The van der Waals surface area contributed by atoms with Gasteiger partial charge in [0.2, 0.25) is 0 Å². The highest BCUT2D eigenvalue weighted by Crippen LogP contribution is 2.37. The smallest absolute Gasteiger partial charge is 0.350 e. The fourth-order valence-corrected chi connectivity index (χ4v) is 2.58. The molecule has 116 valence electrons. The van der Waals surface area contributed by atoms with Crippen molar-refractivity contribution >= 4 is 17.3 Å². The Morgan fingerprint density at radius 2 is 1.87 bits per heavy atom. The Kier molecular flexibility index (Phi) is 3.93. The Morgan fingerprint density at radius 1 is 1.13 bits per heavy atom. The van der Waals surface area contributed by atoms with E-state index < -0.39 is 11.8 Å². The summed E-state index contributed by atoms with van der Waals surface area (Å²) in [7, 11) is 1.33. The number of hydrogen-bond donors (Lipinski definition) is 0. The molecule has 0 saturated carbocycles. The van der Waals surface area contributed by atoms with Crippen molar-refractivity contribution in [2.45, 2.75) is 6.17 Å². The standard InChI is InChI=1S/C18H13FO4/c1-22-17-13(10-20)18(21)23-14-9-5-8-12(15(14)17)16(19)11-6-3-2-4-7-11/h2-10,16H,1H3. The van der Waals surface area contributed by atoms with Gasteiger partial charge < -0.3 is 9.15 Å². The molecule has 0 amide bonds. The predicted molar refractivity (Wildman–Crippen MR) is 83.8 cm³/mol. The van der Waals surface area contributed by atoms with Crippen molar-refractivity contribution in [3.63, 3.8) is 0 Å². The number of carbonyl (C=O) groups excluding carboxylic acids is 1. The van der Waals surface area contributed by atoms with E-state index in [9.17, 15) is 14.0 Å². The highest BCUT2D eigenvalue weighted by molar-refractivity contribution is 5.94. The molecule has 1 heterocycles. The van der Waals surface area contributed by atoms with E-state index in [1.165, 1.54) is 13.2 Å². The van der Waals surface area contributed by atoms with Crippen molar-refractivity contribution in [3.05, 3.63) is 75.6 Å². The summed E-state index contributed by atoms with van der Waals surface area (Å²) in [5.41, 5.74) is -0.156. The van der Waals surface area contributed by atoms with Gasteiger partial charge in [0.25, 0.3) is 0 Å². The van der Waals surface area contributed by atoms with Gasteiger partial charge in [-0.05, 0) is 11.6 Å². The number of rotatable bonds is 4. The van der Waals surface area contributed by atoms with Gasteiger partial charge in [-0.3, -0.25) is 4.79 Å². The lowest BCUT2D eigenvalue weighted by Crippen LogP contribution is -2.10. The maximum Gasteiger partial charge on any atom is 0.350 e. The van der Waals surface area contributed by atoms with Crippen molar-refractivity contribution < 1.29 is 18.3 Å². The summed E-state index contributed by atoms with van der Waals surface area (Å²) in [5, 5.41) is 0.285. The van der Waals surface area contributed by atoms with Crippen LogP contribution in [0.2, 0.25) is 0 Å². The summed E-state index contributed by atoms with van der Waals surface area (Å²) < 4.78 is 25.3. The molecule has 5 heteroatoms. The summed E-state index contributed by atoms with van der Waals surface area (Å²) >= 11 is 0. The molecule has 0 bridgehead atoms. The van der Waals surface area contributed by atoms with Crippen LogP contribution in [0.15, 0.2) is 57.7 Å². The summed E-state index contributed by atoms with van der Waals surface area (Å²) in [5.74, 6) is 0.0282. The van der Waals surface area contributed by atoms with E-state index in [0.717, 1.165) is 0 Å². The van der Waals surface area contributed by atoms with E-state index in [2.05, 4.69) is 0 Å². The van der Waals surface area contributed by atoms with E-state index in [4.69, 9.17) is 9.15 Å². The van der Waals surface area contributed by atoms with Crippen LogP contribution < -0.4 is 10.4 Å². The number of benzene rings is 2. The maximum absolute atomic E-state index is 15.0. The van der Waals surface area contributed by atoms with E-state index in [-0.39, 0.29) is 27.8 Å². The summed E-state index contributed by atoms with van der Waals surface area (Å²) in [4.78, 5) is 23.0. The SMILES string of the molecule is COc1c(C=O)c(=O)oc2cccc(C(F)c3ccccc3)c12. The number of alkyl halides is 1. The molecule has 2 aromatic carbocycles. The second-order valence-corrected chi connectivity index (χ2v) is 4.95. The molecular formula is C18H13FO4. The van der Waals surface area contributed by atoms with Crippen molar-refractivity contribution in [2.75, 3.05) is 7.11 Å². The molecule has 23 heavy (non-hydrogen) atoms. The predicted octanol–water partition coefficient (Wildman–Crippen LogP) is 3.67. The molecule has 0 fully saturated rings. The molecule has 1 aromatic heterocycles. The number of ether oxygens (including phenoxy) is 1. The lowest BCUT2D eigenvalue weighted by atomic mass is 9.98. The van der Waals surface area contributed by atoms with Crippen LogP contribution in [0.1, 0.15) is 27.7 Å². The molecule has 0 radical (unpaired) electrons. The average molecular weight is 312 g/mol. The van der Waals surface area contributed by atoms with Crippen LogP contribution in [0.25, 0.3) is 11.0 Å². The molecule has 0 aliphatic carbocycles. The molecule has 0 N–H and O–H groups in total. The van der Waals surface area contributed by atoms with Crippen molar-refractivity contribution in [1.82, 2.24) is 0 Å². The third-order valence-corrected chi connectivity index (χ3v) is 3.64. The molecule has 3 aromatic rings. The zero-order valence-electron chi connectivity index (χ0n) is 12.3. The highest BCUT2D eigenvalue weighted by atomic mass is 19.1. The van der Waals surface area contributed by atoms with Gasteiger partial charge in [-0.1, -0.05) is 42.5 Å². The minimum absolute atomic E-state index is 0.0282. The van der Waals surface area contributed by atoms with Gasteiger partial charge in [-0.2, -0.15) is 0 Å². The first-order chi connectivity index (χ1) is 11.2. The van der Waals surface area contributed by atoms with Crippen LogP contribution in [-0.2, 0) is 0 Å². The number of halogens is 1. The molecule has 3 rings (SSSR count). The van der Waals surface area contributed by atoms with Gasteiger partial charge in [0.1, 0.15) is 16.9 Å². The summed E-state index contributed by atoms with van der Waals surface area (Å²) in [6.45, 7) is 0. The Morgan fingerprint density at radius 3 is 2.52 bits per heavy atom. The Bertz CT molecular complexity index is 915. The third-order valence-electron chi connectivity index (χ3n) is 3.64. The van der Waals surface area contributed by atoms with Crippen LogP contribution in [0.5, 0.6) is 5.75 Å².